The number of carboxylic acids is 1. The van der Waals surface area contributed by atoms with E-state index in [1.807, 2.05) is 0 Å². The van der Waals surface area contributed by atoms with Gasteiger partial charge in [-0.05, 0) is 25.0 Å². The third-order valence-electron chi connectivity index (χ3n) is 4.61. The van der Waals surface area contributed by atoms with E-state index in [9.17, 15) is 19.5 Å². The minimum Gasteiger partial charge on any atom is -0.481 e. The molecule has 116 valence electrons. The summed E-state index contributed by atoms with van der Waals surface area (Å²) in [6.07, 6.45) is 4.08. The average molecular weight is 303 g/mol. The van der Waals surface area contributed by atoms with Crippen LogP contribution in [0, 0.1) is 5.92 Å². The lowest BCUT2D eigenvalue weighted by atomic mass is 9.77. The minimum absolute atomic E-state index is 0.0215. The summed E-state index contributed by atoms with van der Waals surface area (Å²) >= 11 is 0. The Labute approximate surface area is 127 Å². The van der Waals surface area contributed by atoms with Crippen molar-refractivity contribution < 1.29 is 19.5 Å². The van der Waals surface area contributed by atoms with Crippen molar-refractivity contribution in [1.82, 2.24) is 15.2 Å². The van der Waals surface area contributed by atoms with Gasteiger partial charge in [-0.1, -0.05) is 0 Å². The monoisotopic (exact) mass is 303 g/mol. The van der Waals surface area contributed by atoms with Crippen molar-refractivity contribution >= 4 is 17.8 Å². The normalized spacial score (nSPS) is 23.4. The van der Waals surface area contributed by atoms with Crippen LogP contribution in [0.4, 0.5) is 0 Å². The first-order valence-electron chi connectivity index (χ1n) is 7.25. The van der Waals surface area contributed by atoms with Crippen LogP contribution in [0.2, 0.25) is 0 Å². The maximum Gasteiger partial charge on any atom is 0.309 e. The highest BCUT2D eigenvalue weighted by Crippen LogP contribution is 2.37. The summed E-state index contributed by atoms with van der Waals surface area (Å²) in [4.78, 5) is 40.9. The van der Waals surface area contributed by atoms with Gasteiger partial charge in [0.15, 0.2) is 0 Å². The minimum atomic E-state index is -0.952. The molecule has 0 bridgehead atoms. The first kappa shape index (κ1) is 14.5. The molecule has 7 nitrogen and oxygen atoms in total. The van der Waals surface area contributed by atoms with Crippen molar-refractivity contribution in [1.29, 1.82) is 0 Å². The molecule has 7 heteroatoms. The second-order valence-corrected chi connectivity index (χ2v) is 5.83. The number of rotatable bonds is 2. The number of amides is 2. The third-order valence-corrected chi connectivity index (χ3v) is 4.61. The van der Waals surface area contributed by atoms with E-state index in [0.29, 0.717) is 31.5 Å². The Kier molecular flexibility index (Phi) is 3.56. The zero-order valence-electron chi connectivity index (χ0n) is 12.0. The molecule has 3 rings (SSSR count). The second kappa shape index (κ2) is 5.40. The van der Waals surface area contributed by atoms with Crippen molar-refractivity contribution in [2.24, 2.45) is 5.92 Å². The van der Waals surface area contributed by atoms with Gasteiger partial charge in [0.2, 0.25) is 5.91 Å². The van der Waals surface area contributed by atoms with Crippen molar-refractivity contribution in [3.8, 4) is 0 Å². The van der Waals surface area contributed by atoms with Crippen LogP contribution >= 0.6 is 0 Å². The summed E-state index contributed by atoms with van der Waals surface area (Å²) in [6.45, 7) is 0.871. The summed E-state index contributed by atoms with van der Waals surface area (Å²) in [7, 11) is 0. The fourth-order valence-corrected chi connectivity index (χ4v) is 3.38. The number of piperidine rings is 1. The quantitative estimate of drug-likeness (QED) is 0.817. The summed E-state index contributed by atoms with van der Waals surface area (Å²) in [5.74, 6) is -1.97. The smallest absolute Gasteiger partial charge is 0.309 e. The Morgan fingerprint density at radius 3 is 2.50 bits per heavy atom. The molecule has 1 spiro atoms. The number of aromatic nitrogens is 1. The highest BCUT2D eigenvalue weighted by Gasteiger charge is 2.51. The SMILES string of the molecule is O=C1C[C@@H](C(=O)O)C2(CCN(C(=O)c3ccncc3)CC2)N1. The van der Waals surface area contributed by atoms with E-state index >= 15 is 0 Å². The molecule has 0 saturated carbocycles. The van der Waals surface area contributed by atoms with Gasteiger partial charge < -0.3 is 15.3 Å². The molecule has 2 amide bonds. The van der Waals surface area contributed by atoms with Crippen LogP contribution in [0.25, 0.3) is 0 Å². The van der Waals surface area contributed by atoms with Crippen molar-refractivity contribution in [2.75, 3.05) is 13.1 Å². The van der Waals surface area contributed by atoms with Crippen LogP contribution in [0.15, 0.2) is 24.5 Å². The molecule has 0 radical (unpaired) electrons. The first-order valence-corrected chi connectivity index (χ1v) is 7.25. The summed E-state index contributed by atoms with van der Waals surface area (Å²) in [6, 6.07) is 3.31. The van der Waals surface area contributed by atoms with Crippen LogP contribution < -0.4 is 5.32 Å². The molecular weight excluding hydrogens is 286 g/mol. The number of carbonyl (C=O) groups is 3. The fraction of sp³-hybridized carbons (Fsp3) is 0.467. The van der Waals surface area contributed by atoms with E-state index in [4.69, 9.17) is 0 Å². The summed E-state index contributed by atoms with van der Waals surface area (Å²) in [5.41, 5.74) is -0.144. The summed E-state index contributed by atoms with van der Waals surface area (Å²) in [5, 5.41) is 12.2. The van der Waals surface area contributed by atoms with E-state index in [2.05, 4.69) is 10.3 Å². The standard InChI is InChI=1S/C15H17N3O4/c19-12-9-11(14(21)22)15(17-12)3-7-18(8-4-15)13(20)10-1-5-16-6-2-10/h1-2,5-6,11H,3-4,7-9H2,(H,17,19)(H,21,22)/t11-/m0/s1. The van der Waals surface area contributed by atoms with Crippen LogP contribution in [-0.4, -0.2) is 51.4 Å². The Bertz CT molecular complexity index is 608. The average Bonchev–Trinajstić information content (AvgIpc) is 2.85. The van der Waals surface area contributed by atoms with E-state index < -0.39 is 17.4 Å². The second-order valence-electron chi connectivity index (χ2n) is 5.83. The first-order chi connectivity index (χ1) is 10.5. The van der Waals surface area contributed by atoms with Crippen LogP contribution in [-0.2, 0) is 9.59 Å². The fourth-order valence-electron chi connectivity index (χ4n) is 3.38. The molecule has 1 aromatic heterocycles. The topological polar surface area (TPSA) is 99.6 Å². The van der Waals surface area contributed by atoms with Crippen LogP contribution in [0.3, 0.4) is 0 Å². The highest BCUT2D eigenvalue weighted by atomic mass is 16.4. The number of likely N-dealkylation sites (tertiary alicyclic amines) is 1. The molecule has 22 heavy (non-hydrogen) atoms. The van der Waals surface area contributed by atoms with Crippen LogP contribution in [0.1, 0.15) is 29.6 Å². The third kappa shape index (κ3) is 2.43. The number of aliphatic carboxylic acids is 1. The zero-order chi connectivity index (χ0) is 15.7. The van der Waals surface area contributed by atoms with E-state index in [-0.39, 0.29) is 18.2 Å². The molecule has 2 aliphatic rings. The number of carboxylic acid groups (broad SMARTS) is 1. The molecule has 1 aromatic rings. The number of hydrogen-bond donors (Lipinski definition) is 2. The number of pyridine rings is 1. The lowest BCUT2D eigenvalue weighted by Crippen LogP contribution is -2.56. The van der Waals surface area contributed by atoms with Crippen molar-refractivity contribution in [3.63, 3.8) is 0 Å². The van der Waals surface area contributed by atoms with Crippen LogP contribution in [0.5, 0.6) is 0 Å². The van der Waals surface area contributed by atoms with Crippen molar-refractivity contribution in [3.05, 3.63) is 30.1 Å². The molecule has 0 aromatic carbocycles. The molecular formula is C15H17N3O4. The maximum atomic E-state index is 12.4. The van der Waals surface area contributed by atoms with Crippen molar-refractivity contribution in [2.45, 2.75) is 24.8 Å². The maximum absolute atomic E-state index is 12.4. The molecule has 1 atom stereocenters. The van der Waals surface area contributed by atoms with Gasteiger partial charge in [0.05, 0.1) is 11.5 Å². The predicted molar refractivity (Wildman–Crippen MR) is 76.0 cm³/mol. The van der Waals surface area contributed by atoms with Gasteiger partial charge >= 0.3 is 5.97 Å². The van der Waals surface area contributed by atoms with E-state index in [0.717, 1.165) is 0 Å². The molecule has 2 N–H and O–H groups in total. The zero-order valence-corrected chi connectivity index (χ0v) is 12.0. The van der Waals surface area contributed by atoms with Gasteiger partial charge in [-0.3, -0.25) is 19.4 Å². The highest BCUT2D eigenvalue weighted by molar-refractivity contribution is 5.94. The number of nitrogens with zero attached hydrogens (tertiary/aromatic N) is 2. The lowest BCUT2D eigenvalue weighted by Gasteiger charge is -2.41. The van der Waals surface area contributed by atoms with Gasteiger partial charge in [-0.2, -0.15) is 0 Å². The molecule has 3 heterocycles. The van der Waals surface area contributed by atoms with Gasteiger partial charge in [-0.15, -0.1) is 0 Å². The number of hydrogen-bond acceptors (Lipinski definition) is 4. The molecule has 2 aliphatic heterocycles. The van der Waals surface area contributed by atoms with E-state index in [1.54, 1.807) is 29.4 Å². The Morgan fingerprint density at radius 2 is 1.91 bits per heavy atom. The molecule has 2 fully saturated rings. The molecule has 2 saturated heterocycles. The Morgan fingerprint density at radius 1 is 1.27 bits per heavy atom. The van der Waals surface area contributed by atoms with Gasteiger partial charge in [-0.25, -0.2) is 0 Å². The predicted octanol–water partition coefficient (Wildman–Crippen LogP) is 0.277. The largest absolute Gasteiger partial charge is 0.481 e. The number of carbonyl (C=O) groups excluding carboxylic acids is 2. The van der Waals surface area contributed by atoms with Gasteiger partial charge in [0.1, 0.15) is 0 Å². The van der Waals surface area contributed by atoms with Gasteiger partial charge in [0, 0.05) is 37.5 Å². The molecule has 0 aliphatic carbocycles. The van der Waals surface area contributed by atoms with Gasteiger partial charge in [0.25, 0.3) is 5.91 Å². The Balaban J connectivity index is 1.71. The molecule has 0 unspecified atom stereocenters. The lowest BCUT2D eigenvalue weighted by molar-refractivity contribution is -0.144. The summed E-state index contributed by atoms with van der Waals surface area (Å²) < 4.78 is 0. The number of nitrogens with one attached hydrogen (secondary N) is 1. The van der Waals surface area contributed by atoms with E-state index in [1.165, 1.54) is 0 Å². The Hall–Kier alpha value is -2.44.